The molecular weight excluding hydrogens is 200 g/mol. The van der Waals surface area contributed by atoms with E-state index in [4.69, 9.17) is 5.73 Å². The van der Waals surface area contributed by atoms with E-state index in [0.29, 0.717) is 0 Å². The van der Waals surface area contributed by atoms with Gasteiger partial charge in [-0.25, -0.2) is 4.98 Å². The maximum Gasteiger partial charge on any atom is 0.276 e. The lowest BCUT2D eigenvalue weighted by Gasteiger charge is -2.14. The minimum atomic E-state index is -0.523. The van der Waals surface area contributed by atoms with E-state index in [2.05, 4.69) is 9.97 Å². The Labute approximate surface area is 83.9 Å². The van der Waals surface area contributed by atoms with Crippen LogP contribution >= 0.6 is 0 Å². The number of amides is 1. The van der Waals surface area contributed by atoms with E-state index in [1.54, 1.807) is 0 Å². The van der Waals surface area contributed by atoms with Crippen molar-refractivity contribution in [2.24, 2.45) is 0 Å². The molecule has 0 aromatic carbocycles. The van der Waals surface area contributed by atoms with E-state index in [1.165, 1.54) is 0 Å². The Bertz CT molecular complexity index is 493. The van der Waals surface area contributed by atoms with Gasteiger partial charge in [-0.2, -0.15) is 0 Å². The number of hydrogen-bond acceptors (Lipinski definition) is 5. The van der Waals surface area contributed by atoms with Gasteiger partial charge in [-0.05, 0) is 0 Å². The lowest BCUT2D eigenvalue weighted by Crippen LogP contribution is -2.31. The molecule has 1 aliphatic rings. The number of aromatic nitrogens is 2. The number of H-pyrrole nitrogens is 1. The largest absolute Gasteiger partial charge is 0.382 e. The second kappa shape index (κ2) is 3.19. The summed E-state index contributed by atoms with van der Waals surface area (Å²) in [6, 6.07) is 0. The maximum absolute atomic E-state index is 11.4. The Morgan fingerprint density at radius 2 is 2.13 bits per heavy atom. The lowest BCUT2D eigenvalue weighted by atomic mass is 10.3. The van der Waals surface area contributed by atoms with Crippen molar-refractivity contribution in [2.75, 3.05) is 17.2 Å². The van der Waals surface area contributed by atoms with Gasteiger partial charge in [0.15, 0.2) is 17.3 Å². The average molecular weight is 208 g/mol. The topological polar surface area (TPSA) is 109 Å². The fourth-order valence-electron chi connectivity index (χ4n) is 1.46. The third kappa shape index (κ3) is 1.47. The van der Waals surface area contributed by atoms with Gasteiger partial charge in [-0.3, -0.25) is 19.3 Å². The lowest BCUT2D eigenvalue weighted by molar-refractivity contribution is -0.121. The highest BCUT2D eigenvalue weighted by molar-refractivity contribution is 6.15. The van der Waals surface area contributed by atoms with Crippen molar-refractivity contribution in [3.63, 3.8) is 0 Å². The molecule has 0 saturated carbocycles. The van der Waals surface area contributed by atoms with Crippen LogP contribution in [0.25, 0.3) is 0 Å². The molecular formula is C8H8N4O3. The summed E-state index contributed by atoms with van der Waals surface area (Å²) >= 11 is 0. The van der Waals surface area contributed by atoms with Crippen molar-refractivity contribution < 1.29 is 9.59 Å². The van der Waals surface area contributed by atoms with Crippen LogP contribution in [0, 0.1) is 0 Å². The third-order valence-electron chi connectivity index (χ3n) is 2.11. The molecule has 0 radical (unpaired) electrons. The Morgan fingerprint density at radius 1 is 1.40 bits per heavy atom. The van der Waals surface area contributed by atoms with Gasteiger partial charge in [-0.1, -0.05) is 0 Å². The Morgan fingerprint density at radius 3 is 2.67 bits per heavy atom. The van der Waals surface area contributed by atoms with E-state index >= 15 is 0 Å². The molecule has 1 saturated heterocycles. The van der Waals surface area contributed by atoms with E-state index in [0.717, 1.165) is 11.2 Å². The number of nitrogen functional groups attached to an aromatic ring is 1. The van der Waals surface area contributed by atoms with Crippen molar-refractivity contribution in [3.05, 3.63) is 16.7 Å². The second-order valence-electron chi connectivity index (χ2n) is 3.16. The molecule has 0 spiro atoms. The zero-order valence-corrected chi connectivity index (χ0v) is 7.69. The number of ketones is 1. The highest BCUT2D eigenvalue weighted by Gasteiger charge is 2.31. The van der Waals surface area contributed by atoms with Crippen LogP contribution in [0.15, 0.2) is 11.1 Å². The average Bonchev–Trinajstić information content (AvgIpc) is 2.45. The second-order valence-corrected chi connectivity index (χ2v) is 3.16. The highest BCUT2D eigenvalue weighted by Crippen LogP contribution is 2.19. The van der Waals surface area contributed by atoms with Gasteiger partial charge in [0.2, 0.25) is 5.91 Å². The Kier molecular flexibility index (Phi) is 2.00. The summed E-state index contributed by atoms with van der Waals surface area (Å²) in [4.78, 5) is 40.8. The molecule has 1 amide bonds. The molecule has 0 bridgehead atoms. The quantitative estimate of drug-likeness (QED) is 0.555. The normalized spacial score (nSPS) is 16.1. The molecule has 7 heteroatoms. The van der Waals surface area contributed by atoms with E-state index in [1.807, 2.05) is 0 Å². The standard InChI is InChI=1S/C8H8N4O3/c9-7-6(8(15)11-3-10-7)12-2-4(13)1-5(12)14/h3H,1-2H2,(H3,9,10,11,15). The molecule has 7 nitrogen and oxygen atoms in total. The number of anilines is 2. The first-order chi connectivity index (χ1) is 7.09. The molecule has 15 heavy (non-hydrogen) atoms. The first kappa shape index (κ1) is 9.38. The molecule has 2 heterocycles. The maximum atomic E-state index is 11.4. The number of hydrogen-bond donors (Lipinski definition) is 2. The molecule has 1 aromatic rings. The number of nitrogens with zero attached hydrogens (tertiary/aromatic N) is 2. The molecule has 0 atom stereocenters. The van der Waals surface area contributed by atoms with Gasteiger partial charge in [-0.15, -0.1) is 0 Å². The van der Waals surface area contributed by atoms with Gasteiger partial charge in [0.1, 0.15) is 0 Å². The summed E-state index contributed by atoms with van der Waals surface area (Å²) in [5, 5.41) is 0. The molecule has 1 aliphatic heterocycles. The van der Waals surface area contributed by atoms with Crippen molar-refractivity contribution in [2.45, 2.75) is 6.42 Å². The molecule has 3 N–H and O–H groups in total. The summed E-state index contributed by atoms with van der Waals surface area (Å²) in [6.07, 6.45) is 0.956. The zero-order valence-electron chi connectivity index (χ0n) is 7.69. The molecule has 1 fully saturated rings. The predicted octanol–water partition coefficient (Wildman–Crippen LogP) is -1.34. The number of rotatable bonds is 1. The van der Waals surface area contributed by atoms with Crippen molar-refractivity contribution >= 4 is 23.2 Å². The summed E-state index contributed by atoms with van der Waals surface area (Å²) < 4.78 is 0. The number of carbonyl (C=O) groups is 2. The smallest absolute Gasteiger partial charge is 0.276 e. The fourth-order valence-corrected chi connectivity index (χ4v) is 1.46. The van der Waals surface area contributed by atoms with Crippen LogP contribution in [0.2, 0.25) is 0 Å². The van der Waals surface area contributed by atoms with Gasteiger partial charge in [0.05, 0.1) is 19.3 Å². The van der Waals surface area contributed by atoms with Gasteiger partial charge < -0.3 is 10.7 Å². The summed E-state index contributed by atoms with van der Waals surface area (Å²) in [7, 11) is 0. The minimum absolute atomic E-state index is 0.0478. The van der Waals surface area contributed by atoms with Crippen LogP contribution in [0.3, 0.4) is 0 Å². The van der Waals surface area contributed by atoms with Crippen molar-refractivity contribution in [1.29, 1.82) is 0 Å². The number of carbonyl (C=O) groups excluding carboxylic acids is 2. The summed E-state index contributed by atoms with van der Waals surface area (Å²) in [5.41, 5.74) is 4.90. The molecule has 2 rings (SSSR count). The molecule has 1 aromatic heterocycles. The van der Waals surface area contributed by atoms with E-state index in [9.17, 15) is 14.4 Å². The minimum Gasteiger partial charge on any atom is -0.382 e. The summed E-state index contributed by atoms with van der Waals surface area (Å²) in [5.74, 6) is -0.713. The monoisotopic (exact) mass is 208 g/mol. The Balaban J connectivity index is 2.51. The number of Topliss-reactive ketones (excluding diaryl/α,β-unsaturated/α-hetero) is 1. The zero-order chi connectivity index (χ0) is 11.0. The number of nitrogens with two attached hydrogens (primary N) is 1. The Hall–Kier alpha value is -2.18. The van der Waals surface area contributed by atoms with Crippen molar-refractivity contribution in [1.82, 2.24) is 9.97 Å². The van der Waals surface area contributed by atoms with Gasteiger partial charge in [0.25, 0.3) is 5.56 Å². The first-order valence-corrected chi connectivity index (χ1v) is 4.25. The van der Waals surface area contributed by atoms with Crippen LogP contribution in [-0.4, -0.2) is 28.2 Å². The van der Waals surface area contributed by atoms with Crippen LogP contribution in [0.4, 0.5) is 11.5 Å². The number of aromatic amines is 1. The van der Waals surface area contributed by atoms with E-state index < -0.39 is 11.5 Å². The van der Waals surface area contributed by atoms with Crippen LogP contribution in [0.1, 0.15) is 6.42 Å². The molecule has 0 aliphatic carbocycles. The summed E-state index contributed by atoms with van der Waals surface area (Å²) in [6.45, 7) is -0.113. The van der Waals surface area contributed by atoms with E-state index in [-0.39, 0.29) is 30.3 Å². The van der Waals surface area contributed by atoms with Crippen LogP contribution in [0.5, 0.6) is 0 Å². The molecule has 0 unspecified atom stereocenters. The van der Waals surface area contributed by atoms with Gasteiger partial charge in [0, 0.05) is 0 Å². The van der Waals surface area contributed by atoms with Gasteiger partial charge >= 0.3 is 0 Å². The SMILES string of the molecule is Nc1nc[nH]c(=O)c1N1CC(=O)CC1=O. The van der Waals surface area contributed by atoms with Crippen LogP contribution in [-0.2, 0) is 9.59 Å². The molecule has 78 valence electrons. The number of nitrogens with one attached hydrogen (secondary N) is 1. The third-order valence-corrected chi connectivity index (χ3v) is 2.11. The highest BCUT2D eigenvalue weighted by atomic mass is 16.2. The fraction of sp³-hybridized carbons (Fsp3) is 0.250. The van der Waals surface area contributed by atoms with Crippen molar-refractivity contribution in [3.8, 4) is 0 Å². The van der Waals surface area contributed by atoms with Crippen LogP contribution < -0.4 is 16.2 Å². The predicted molar refractivity (Wildman–Crippen MR) is 51.2 cm³/mol. The first-order valence-electron chi connectivity index (χ1n) is 4.25.